The van der Waals surface area contributed by atoms with Gasteiger partial charge in [0.15, 0.2) is 0 Å². The molecule has 0 atom stereocenters. The van der Waals surface area contributed by atoms with Gasteiger partial charge < -0.3 is 9.67 Å². The highest BCUT2D eigenvalue weighted by atomic mass is 16.4. The van der Waals surface area contributed by atoms with Crippen LogP contribution in [0.5, 0.6) is 0 Å². The van der Waals surface area contributed by atoms with E-state index in [0.29, 0.717) is 6.54 Å². The molecule has 0 saturated carbocycles. The van der Waals surface area contributed by atoms with Crippen LogP contribution in [0.1, 0.15) is 11.1 Å². The molecule has 0 spiro atoms. The van der Waals surface area contributed by atoms with E-state index in [2.05, 4.69) is 0 Å². The van der Waals surface area contributed by atoms with Crippen molar-refractivity contribution < 1.29 is 9.90 Å². The summed E-state index contributed by atoms with van der Waals surface area (Å²) in [4.78, 5) is 11.1. The topological polar surface area (TPSA) is 71.0 Å². The molecule has 1 heterocycles. The zero-order valence-corrected chi connectivity index (χ0v) is 12.3. The first-order valence-corrected chi connectivity index (χ1v) is 7.07. The number of hydrogen-bond acceptors (Lipinski definition) is 2. The zero-order chi connectivity index (χ0) is 15.7. The summed E-state index contributed by atoms with van der Waals surface area (Å²) >= 11 is 0. The van der Waals surface area contributed by atoms with Crippen molar-refractivity contribution in [3.8, 4) is 0 Å². The summed E-state index contributed by atoms with van der Waals surface area (Å²) in [5.41, 5.74) is 4.12. The van der Waals surface area contributed by atoms with E-state index in [1.54, 1.807) is 0 Å². The van der Waals surface area contributed by atoms with E-state index in [-0.39, 0.29) is 12.2 Å². The number of rotatable bonds is 4. The Morgan fingerprint density at radius 3 is 2.27 bits per heavy atom. The van der Waals surface area contributed by atoms with Gasteiger partial charge in [0, 0.05) is 0 Å². The quantitative estimate of drug-likeness (QED) is 0.775. The van der Waals surface area contributed by atoms with Gasteiger partial charge in [-0.05, 0) is 30.2 Å². The average molecular weight is 295 g/mol. The second-order valence-corrected chi connectivity index (χ2v) is 5.30. The second-order valence-electron chi connectivity index (χ2n) is 5.30. The van der Waals surface area contributed by atoms with Gasteiger partial charge in [0.05, 0.1) is 17.6 Å². The molecule has 22 heavy (non-hydrogen) atoms. The molecule has 0 radical (unpaired) electrons. The van der Waals surface area contributed by atoms with Crippen molar-refractivity contribution in [2.24, 2.45) is 0 Å². The Kier molecular flexibility index (Phi) is 3.55. The van der Waals surface area contributed by atoms with Crippen LogP contribution in [-0.4, -0.2) is 20.2 Å². The van der Waals surface area contributed by atoms with Gasteiger partial charge >= 0.3 is 5.97 Å². The third kappa shape index (κ3) is 2.41. The molecule has 2 aromatic carbocycles. The number of fused-ring (bicyclic) bond motifs is 1. The van der Waals surface area contributed by atoms with Gasteiger partial charge in [-0.1, -0.05) is 36.4 Å². The van der Waals surface area contributed by atoms with Gasteiger partial charge in [0.2, 0.25) is 5.62 Å². The Bertz CT molecular complexity index is 906. The van der Waals surface area contributed by atoms with Crippen LogP contribution in [-0.2, 0) is 17.9 Å². The van der Waals surface area contributed by atoms with Gasteiger partial charge in [-0.2, -0.15) is 0 Å². The lowest BCUT2D eigenvalue weighted by Crippen LogP contribution is -2.27. The van der Waals surface area contributed by atoms with Gasteiger partial charge in [-0.3, -0.25) is 14.8 Å². The van der Waals surface area contributed by atoms with Gasteiger partial charge in [0.1, 0.15) is 6.54 Å². The summed E-state index contributed by atoms with van der Waals surface area (Å²) in [5, 5.41) is 17.4. The molecule has 0 bridgehead atoms. The minimum Gasteiger partial charge on any atom is -0.480 e. The number of carbonyl (C=O) groups is 1. The number of carboxylic acids is 1. The summed E-state index contributed by atoms with van der Waals surface area (Å²) in [7, 11) is 0. The Labute approximate surface area is 127 Å². The number of hydrogen-bond donors (Lipinski definition) is 2. The van der Waals surface area contributed by atoms with E-state index in [9.17, 15) is 4.79 Å². The van der Waals surface area contributed by atoms with Crippen molar-refractivity contribution in [2.75, 3.05) is 0 Å². The normalized spacial score (nSPS) is 11.0. The van der Waals surface area contributed by atoms with Gasteiger partial charge in [-0.15, -0.1) is 0 Å². The van der Waals surface area contributed by atoms with E-state index in [4.69, 9.17) is 10.5 Å². The maximum atomic E-state index is 11.1. The number of para-hydroxylation sites is 2. The molecule has 0 unspecified atom stereocenters. The number of carboxylic acid groups (broad SMARTS) is 1. The van der Waals surface area contributed by atoms with Crippen LogP contribution < -0.4 is 5.62 Å². The number of aryl methyl sites for hydroxylation is 1. The summed E-state index contributed by atoms with van der Waals surface area (Å²) < 4.78 is 3.37. The number of benzene rings is 2. The van der Waals surface area contributed by atoms with Crippen LogP contribution in [0.3, 0.4) is 0 Å². The summed E-state index contributed by atoms with van der Waals surface area (Å²) in [6.45, 7) is 2.38. The van der Waals surface area contributed by atoms with E-state index in [1.807, 2.05) is 60.0 Å². The molecular weight excluding hydrogens is 278 g/mol. The van der Waals surface area contributed by atoms with Crippen molar-refractivity contribution in [3.63, 3.8) is 0 Å². The molecule has 0 aliphatic heterocycles. The highest BCUT2D eigenvalue weighted by molar-refractivity contribution is 5.78. The Morgan fingerprint density at radius 2 is 1.64 bits per heavy atom. The highest BCUT2D eigenvalue weighted by Gasteiger charge is 2.13. The molecule has 5 heteroatoms. The van der Waals surface area contributed by atoms with E-state index in [0.717, 1.165) is 22.2 Å². The number of aliphatic carboxylic acids is 1. The number of nitrogens with one attached hydrogen (secondary N) is 1. The molecule has 3 rings (SSSR count). The third-order valence-corrected chi connectivity index (χ3v) is 3.86. The lowest BCUT2D eigenvalue weighted by atomic mass is 10.1. The minimum absolute atomic E-state index is 0.201. The fourth-order valence-electron chi connectivity index (χ4n) is 2.71. The minimum atomic E-state index is -0.947. The Morgan fingerprint density at radius 1 is 1.05 bits per heavy atom. The second kappa shape index (κ2) is 5.52. The van der Waals surface area contributed by atoms with Crippen molar-refractivity contribution in [2.45, 2.75) is 20.0 Å². The smallest absolute Gasteiger partial charge is 0.323 e. The van der Waals surface area contributed by atoms with Gasteiger partial charge in [0.25, 0.3) is 0 Å². The number of imidazole rings is 1. The maximum Gasteiger partial charge on any atom is 0.323 e. The number of aromatic nitrogens is 2. The van der Waals surface area contributed by atoms with Crippen LogP contribution in [0.15, 0.2) is 48.5 Å². The fraction of sp³-hybridized carbons (Fsp3) is 0.176. The van der Waals surface area contributed by atoms with Crippen molar-refractivity contribution in [3.05, 3.63) is 65.3 Å². The predicted octanol–water partition coefficient (Wildman–Crippen LogP) is 2.36. The Hall–Kier alpha value is -2.82. The van der Waals surface area contributed by atoms with Crippen LogP contribution in [0.4, 0.5) is 0 Å². The summed E-state index contributed by atoms with van der Waals surface area (Å²) in [5.74, 6) is -0.947. The van der Waals surface area contributed by atoms with Crippen molar-refractivity contribution in [1.82, 2.24) is 9.13 Å². The van der Waals surface area contributed by atoms with Crippen LogP contribution in [0.25, 0.3) is 11.0 Å². The Balaban J connectivity index is 2.18. The lowest BCUT2D eigenvalue weighted by molar-refractivity contribution is -0.137. The molecule has 0 aliphatic carbocycles. The third-order valence-electron chi connectivity index (χ3n) is 3.86. The number of nitrogens with zero attached hydrogens (tertiary/aromatic N) is 2. The van der Waals surface area contributed by atoms with Crippen molar-refractivity contribution >= 4 is 17.0 Å². The van der Waals surface area contributed by atoms with E-state index < -0.39 is 5.97 Å². The molecule has 112 valence electrons. The first-order valence-electron chi connectivity index (χ1n) is 7.07. The summed E-state index contributed by atoms with van der Waals surface area (Å²) in [6, 6.07) is 15.6. The lowest BCUT2D eigenvalue weighted by Gasteiger charge is -2.07. The first-order chi connectivity index (χ1) is 10.6. The molecule has 2 N–H and O–H groups in total. The first kappa shape index (κ1) is 14.1. The fourth-order valence-corrected chi connectivity index (χ4v) is 2.71. The molecule has 0 saturated heterocycles. The molecule has 0 amide bonds. The largest absolute Gasteiger partial charge is 0.480 e. The maximum absolute atomic E-state index is 11.1. The molecular formula is C17H17N3O2. The molecule has 5 nitrogen and oxygen atoms in total. The summed E-state index contributed by atoms with van der Waals surface area (Å²) in [6.07, 6.45) is 0. The SMILES string of the molecule is Cc1ccccc1Cn1c(=N)n(CC(=O)O)c2ccccc21. The predicted molar refractivity (Wildman–Crippen MR) is 83.7 cm³/mol. The van der Waals surface area contributed by atoms with Crippen LogP contribution in [0.2, 0.25) is 0 Å². The molecule has 0 aliphatic rings. The standard InChI is InChI=1S/C17H17N3O2/c1-12-6-2-3-7-13(12)10-19-14-8-4-5-9-15(14)20(17(19)18)11-16(21)22/h2-9,18H,10-11H2,1H3,(H,21,22). The highest BCUT2D eigenvalue weighted by Crippen LogP contribution is 2.16. The van der Waals surface area contributed by atoms with E-state index >= 15 is 0 Å². The van der Waals surface area contributed by atoms with Gasteiger partial charge in [-0.25, -0.2) is 0 Å². The van der Waals surface area contributed by atoms with Crippen LogP contribution >= 0.6 is 0 Å². The molecule has 0 fully saturated rings. The zero-order valence-electron chi connectivity index (χ0n) is 12.3. The van der Waals surface area contributed by atoms with Crippen molar-refractivity contribution in [1.29, 1.82) is 5.41 Å². The molecule has 1 aromatic heterocycles. The van der Waals surface area contributed by atoms with Crippen LogP contribution in [0, 0.1) is 12.3 Å². The average Bonchev–Trinajstić information content (AvgIpc) is 2.75. The monoisotopic (exact) mass is 295 g/mol. The molecule has 3 aromatic rings. The van der Waals surface area contributed by atoms with E-state index in [1.165, 1.54) is 4.57 Å².